The zero-order chi connectivity index (χ0) is 82.8. The van der Waals surface area contributed by atoms with Crippen molar-refractivity contribution in [3.8, 4) is 0 Å². The van der Waals surface area contributed by atoms with E-state index in [1.54, 1.807) is 0 Å². The first kappa shape index (κ1) is 121. The average Bonchev–Trinajstić information content (AvgIpc) is 1.79. The van der Waals surface area contributed by atoms with Crippen molar-refractivity contribution in [1.29, 1.82) is 0 Å². The number of hydrogen-bond acceptors (Lipinski definition) is 7. The summed E-state index contributed by atoms with van der Waals surface area (Å²) < 4.78 is 33.5. The Kier molecular flexibility index (Phi) is 66.9. The molecule has 3 aliphatic carbocycles. The Bertz CT molecular complexity index is 1940. The summed E-state index contributed by atoms with van der Waals surface area (Å²) in [4.78, 5) is 11.3. The van der Waals surface area contributed by atoms with Crippen LogP contribution in [0.5, 0.6) is 0 Å². The number of hydrogen-bond donors (Lipinski definition) is 0. The summed E-state index contributed by atoms with van der Waals surface area (Å²) in [5.74, 6) is 28.4. The van der Waals surface area contributed by atoms with Gasteiger partial charge in [0.1, 0.15) is 5.78 Å². The van der Waals surface area contributed by atoms with E-state index in [0.717, 1.165) is 269 Å². The van der Waals surface area contributed by atoms with Gasteiger partial charge in [-0.15, -0.1) is 0 Å². The number of ketones is 1. The molecule has 7 heteroatoms. The summed E-state index contributed by atoms with van der Waals surface area (Å²) in [6.45, 7) is 98.2. The molecule has 19 atom stereocenters. The van der Waals surface area contributed by atoms with Crippen molar-refractivity contribution in [2.75, 3.05) is 66.1 Å². The highest BCUT2D eigenvalue weighted by molar-refractivity contribution is 5.79. The Hall–Kier alpha value is -0.570. The van der Waals surface area contributed by atoms with Crippen molar-refractivity contribution in [2.24, 2.45) is 207 Å². The predicted molar refractivity (Wildman–Crippen MR) is 507 cm³/mol. The van der Waals surface area contributed by atoms with Gasteiger partial charge >= 0.3 is 0 Å². The van der Waals surface area contributed by atoms with Crippen molar-refractivity contribution in [3.05, 3.63) is 0 Å². The van der Waals surface area contributed by atoms with Crippen LogP contribution in [0.4, 0.5) is 0 Å². The van der Waals surface area contributed by atoms with E-state index in [4.69, 9.17) is 28.4 Å². The van der Waals surface area contributed by atoms with Gasteiger partial charge in [0.15, 0.2) is 0 Å². The number of Topliss-reactive ketones (excluding diaryl/α,β-unsaturated/α-hetero) is 1. The monoisotopic (exact) mass is 1610 g/mol. The SMILES string of the molecule is C.C.C.C.C.CC(C)C1CCC(=O)CC1C(C)C.CC(C)C1CCCC1C(C)C.CC(C)C1CCCCC1C(C)C.CC(C)C1CCOC(C)C1C(C)C.CC(C)C1CCOC1C(C)C.CC(C)C1CCOCC1C(C)C.CC(C)C1CCOCC1C(C)C.CC(C)C1COCC1C(C)C.CC(C)C1COCCC1(C)C(C)C. The fourth-order valence-electron chi connectivity index (χ4n) is 22.1. The summed E-state index contributed by atoms with van der Waals surface area (Å²) in [6.07, 6.45) is 20.4. The molecule has 7 nitrogen and oxygen atoms in total. The fraction of sp³-hybridized carbons (Fsp3) is 0.991. The second-order valence-corrected chi connectivity index (χ2v) is 43.4. The number of carbonyl (C=O) groups is 1. The van der Waals surface area contributed by atoms with Crippen molar-refractivity contribution in [2.45, 2.75) is 409 Å². The molecular formula is C106H220O7. The lowest BCUT2D eigenvalue weighted by Crippen LogP contribution is -2.43. The number of rotatable bonds is 18. The molecular weight excluding hydrogens is 1390 g/mol. The maximum absolute atomic E-state index is 11.3. The van der Waals surface area contributed by atoms with Gasteiger partial charge in [-0.3, -0.25) is 4.79 Å². The van der Waals surface area contributed by atoms with Gasteiger partial charge in [-0.1, -0.05) is 313 Å². The summed E-state index contributed by atoms with van der Waals surface area (Å²) in [5, 5.41) is 0. The van der Waals surface area contributed by atoms with Crippen molar-refractivity contribution < 1.29 is 33.2 Å². The van der Waals surface area contributed by atoms with Crippen LogP contribution in [-0.2, 0) is 33.2 Å². The first-order valence-corrected chi connectivity index (χ1v) is 47.4. The van der Waals surface area contributed by atoms with Crippen LogP contribution < -0.4 is 0 Å². The largest absolute Gasteiger partial charge is 0.381 e. The van der Waals surface area contributed by atoms with E-state index in [1.807, 2.05) is 0 Å². The molecule has 113 heavy (non-hydrogen) atoms. The maximum atomic E-state index is 11.3. The van der Waals surface area contributed by atoms with Crippen LogP contribution in [0, 0.1) is 207 Å². The summed E-state index contributed by atoms with van der Waals surface area (Å²) in [6, 6.07) is 0. The molecule has 6 aliphatic heterocycles. The first-order valence-electron chi connectivity index (χ1n) is 47.4. The molecule has 19 unspecified atom stereocenters. The standard InChI is InChI=1S/2C12H24O.C12H22O.C12H24.2C11H22O.C11H22.2C10H20O.5CH4/c1-9(2)11-8-13-7-6-12(11,5)10(3)4;1-8(2)11-6-7-13-10(5)12(11)9(3)4;1-8(2)11-6-5-10(13)7-12(11)9(3)4;1-9(2)11-7-5-6-8-12(11)10(3)4;2*1-8(2)10-5-6-12-7-11(10)9(3)4;1-8(2)10-6-5-7-11(10)9(3)4;1-7(2)9-5-11-6-10(9)8(3)4;1-7(2)9-5-6-11-10(9)8(3)4;;;;;/h9-11H,6-8H2,1-5H3;8-12H,6-7H2,1-5H3;8-9,11-12H,5-7H2,1-4H3;9-12H,5-8H2,1-4H3;2*8-11H,5-7H2,1-4H3;8-11H,5-7H2,1-4H3;2*7-10H,5-6H2,1-4H3;5*1H4. The van der Waals surface area contributed by atoms with Crippen LogP contribution in [0.2, 0.25) is 0 Å². The third-order valence-corrected chi connectivity index (χ3v) is 29.9. The average molecular weight is 1610 g/mol. The summed E-state index contributed by atoms with van der Waals surface area (Å²) >= 11 is 0. The number of carbonyl (C=O) groups excluding carboxylic acids is 1. The Labute approximate surface area is 716 Å². The lowest BCUT2D eigenvalue weighted by molar-refractivity contribution is -0.123. The van der Waals surface area contributed by atoms with E-state index in [2.05, 4.69) is 263 Å². The Balaban J connectivity index is -0.000000385. The van der Waals surface area contributed by atoms with Gasteiger partial charge in [-0.2, -0.15) is 0 Å². The van der Waals surface area contributed by atoms with Gasteiger partial charge < -0.3 is 28.4 Å². The van der Waals surface area contributed by atoms with Gasteiger partial charge in [0.25, 0.3) is 0 Å². The molecule has 0 spiro atoms. The highest BCUT2D eigenvalue weighted by Gasteiger charge is 2.42. The molecule has 6 heterocycles. The van der Waals surface area contributed by atoms with E-state index in [1.165, 1.54) is 77.0 Å². The van der Waals surface area contributed by atoms with Crippen molar-refractivity contribution in [3.63, 3.8) is 0 Å². The topological polar surface area (TPSA) is 72.5 Å². The maximum Gasteiger partial charge on any atom is 0.133 e. The Morgan fingerprint density at radius 1 is 0.274 bits per heavy atom. The molecule has 9 aliphatic rings. The van der Waals surface area contributed by atoms with Gasteiger partial charge in [-0.05, 0) is 278 Å². The van der Waals surface area contributed by atoms with Crippen LogP contribution in [0.1, 0.15) is 397 Å². The van der Waals surface area contributed by atoms with E-state index in [9.17, 15) is 4.79 Å². The summed E-state index contributed by atoms with van der Waals surface area (Å²) in [7, 11) is 0. The molecule has 3 saturated carbocycles. The Morgan fingerprint density at radius 2 is 0.566 bits per heavy atom. The third-order valence-electron chi connectivity index (χ3n) is 29.9. The van der Waals surface area contributed by atoms with Crippen LogP contribution >= 0.6 is 0 Å². The van der Waals surface area contributed by atoms with E-state index in [0.29, 0.717) is 41.2 Å². The molecule has 0 aromatic heterocycles. The number of ether oxygens (including phenoxy) is 6. The molecule has 0 aromatic rings. The summed E-state index contributed by atoms with van der Waals surface area (Å²) in [5.41, 5.74) is 0.492. The predicted octanol–water partition coefficient (Wildman–Crippen LogP) is 32.1. The van der Waals surface area contributed by atoms with Gasteiger partial charge in [-0.25, -0.2) is 0 Å². The van der Waals surface area contributed by atoms with Crippen LogP contribution in [0.15, 0.2) is 0 Å². The zero-order valence-corrected chi connectivity index (χ0v) is 80.3. The van der Waals surface area contributed by atoms with E-state index >= 15 is 0 Å². The van der Waals surface area contributed by atoms with Gasteiger partial charge in [0.05, 0.1) is 18.8 Å². The van der Waals surface area contributed by atoms with E-state index < -0.39 is 0 Å². The minimum absolute atomic E-state index is 0. The van der Waals surface area contributed by atoms with Crippen LogP contribution in [-0.4, -0.2) is 84.1 Å². The molecule has 0 bridgehead atoms. The normalized spacial score (nSPS) is 31.1. The lowest BCUT2D eigenvalue weighted by Gasteiger charge is -2.46. The molecule has 0 amide bonds. The minimum atomic E-state index is 0. The molecule has 0 radical (unpaired) electrons. The van der Waals surface area contributed by atoms with Gasteiger partial charge in [0, 0.05) is 72.3 Å². The second-order valence-electron chi connectivity index (χ2n) is 43.4. The van der Waals surface area contributed by atoms with Crippen LogP contribution in [0.25, 0.3) is 0 Å². The van der Waals surface area contributed by atoms with Crippen molar-refractivity contribution >= 4 is 5.78 Å². The van der Waals surface area contributed by atoms with Crippen LogP contribution in [0.3, 0.4) is 0 Å². The molecule has 9 fully saturated rings. The molecule has 6 saturated heterocycles. The fourth-order valence-corrected chi connectivity index (χ4v) is 22.1. The molecule has 9 rings (SSSR count). The zero-order valence-electron chi connectivity index (χ0n) is 80.3. The van der Waals surface area contributed by atoms with E-state index in [-0.39, 0.29) is 37.1 Å². The molecule has 0 N–H and O–H groups in total. The smallest absolute Gasteiger partial charge is 0.133 e. The highest BCUT2D eigenvalue weighted by atomic mass is 16.5. The third kappa shape index (κ3) is 42.4. The Morgan fingerprint density at radius 3 is 0.858 bits per heavy atom. The quantitative estimate of drug-likeness (QED) is 0.135. The minimum Gasteiger partial charge on any atom is -0.381 e. The first-order chi connectivity index (χ1) is 50.3. The highest BCUT2D eigenvalue weighted by Crippen LogP contribution is 2.47. The van der Waals surface area contributed by atoms with Gasteiger partial charge in [0.2, 0.25) is 0 Å². The van der Waals surface area contributed by atoms with Crippen molar-refractivity contribution in [1.82, 2.24) is 0 Å². The molecule has 0 aromatic carbocycles. The lowest BCUT2D eigenvalue weighted by atomic mass is 9.63. The molecule has 686 valence electrons. The second kappa shape index (κ2) is 62.5.